The predicted octanol–water partition coefficient (Wildman–Crippen LogP) is 2.97. The summed E-state index contributed by atoms with van der Waals surface area (Å²) in [6.45, 7) is 6.94. The number of ether oxygens (including phenoxy) is 2. The van der Waals surface area contributed by atoms with Crippen molar-refractivity contribution in [2.24, 2.45) is 0 Å². The number of allylic oxidation sites excluding steroid dienone is 2. The summed E-state index contributed by atoms with van der Waals surface area (Å²) >= 11 is 0. The lowest BCUT2D eigenvalue weighted by atomic mass is 10.1. The lowest BCUT2D eigenvalue weighted by Gasteiger charge is -2.25. The number of hydrogen-bond donors (Lipinski definition) is 0. The van der Waals surface area contributed by atoms with Gasteiger partial charge < -0.3 is 19.3 Å². The number of amides is 1. The molecule has 1 aliphatic rings. The second-order valence-corrected chi connectivity index (χ2v) is 6.29. The van der Waals surface area contributed by atoms with Gasteiger partial charge in [0.1, 0.15) is 5.70 Å². The number of methoxy groups -OCH3 is 2. The minimum Gasteiger partial charge on any atom is -0.465 e. The zero-order chi connectivity index (χ0) is 21.6. The fourth-order valence-electron chi connectivity index (χ4n) is 3.10. The summed E-state index contributed by atoms with van der Waals surface area (Å²) in [5, 5.41) is 0. The third kappa shape index (κ3) is 4.56. The van der Waals surface area contributed by atoms with Crippen molar-refractivity contribution in [2.75, 3.05) is 32.2 Å². The van der Waals surface area contributed by atoms with Gasteiger partial charge >= 0.3 is 11.9 Å². The smallest absolute Gasteiger partial charge is 0.355 e. The topological polar surface area (TPSA) is 76.2 Å². The van der Waals surface area contributed by atoms with E-state index in [1.165, 1.54) is 20.3 Å². The van der Waals surface area contributed by atoms with E-state index < -0.39 is 11.9 Å². The highest BCUT2D eigenvalue weighted by Gasteiger charge is 2.28. The molecule has 1 heterocycles. The van der Waals surface area contributed by atoms with Crippen molar-refractivity contribution in [2.45, 2.75) is 20.8 Å². The normalized spacial score (nSPS) is 13.2. The van der Waals surface area contributed by atoms with Crippen LogP contribution in [0.15, 0.2) is 53.9 Å². The molecular formula is C22H26N2O5. The van der Waals surface area contributed by atoms with Crippen LogP contribution in [-0.2, 0) is 19.1 Å². The Morgan fingerprint density at radius 3 is 2.21 bits per heavy atom. The summed E-state index contributed by atoms with van der Waals surface area (Å²) in [5.74, 6) is -1.39. The van der Waals surface area contributed by atoms with Crippen LogP contribution in [-0.4, -0.2) is 50.1 Å². The number of carbonyl (C=O) groups is 3. The lowest BCUT2D eigenvalue weighted by molar-refractivity contribution is -0.139. The van der Waals surface area contributed by atoms with Crippen molar-refractivity contribution in [3.8, 4) is 0 Å². The van der Waals surface area contributed by atoms with Gasteiger partial charge in [-0.05, 0) is 56.7 Å². The molecule has 7 nitrogen and oxygen atoms in total. The number of hydrogen-bond acceptors (Lipinski definition) is 6. The maximum Gasteiger partial charge on any atom is 0.355 e. The monoisotopic (exact) mass is 398 g/mol. The van der Waals surface area contributed by atoms with E-state index >= 15 is 0 Å². The molecule has 154 valence electrons. The van der Waals surface area contributed by atoms with Gasteiger partial charge in [0.05, 0.1) is 19.8 Å². The van der Waals surface area contributed by atoms with Crippen LogP contribution in [0, 0.1) is 6.92 Å². The van der Waals surface area contributed by atoms with Crippen molar-refractivity contribution in [1.82, 2.24) is 4.90 Å². The Balaban J connectivity index is 2.57. The van der Waals surface area contributed by atoms with E-state index in [9.17, 15) is 14.4 Å². The summed E-state index contributed by atoms with van der Waals surface area (Å²) < 4.78 is 9.74. The number of benzene rings is 1. The highest BCUT2D eigenvalue weighted by molar-refractivity contribution is 6.05. The second-order valence-electron chi connectivity index (χ2n) is 6.29. The molecule has 0 fully saturated rings. The van der Waals surface area contributed by atoms with Crippen molar-refractivity contribution in [1.29, 1.82) is 0 Å². The van der Waals surface area contributed by atoms with Crippen LogP contribution in [0.2, 0.25) is 0 Å². The van der Waals surface area contributed by atoms with E-state index in [2.05, 4.69) is 0 Å². The van der Waals surface area contributed by atoms with E-state index in [4.69, 9.17) is 9.47 Å². The van der Waals surface area contributed by atoms with Gasteiger partial charge in [0, 0.05) is 30.5 Å². The highest BCUT2D eigenvalue weighted by atomic mass is 16.5. The molecule has 29 heavy (non-hydrogen) atoms. The summed E-state index contributed by atoms with van der Waals surface area (Å²) in [5.41, 5.74) is 2.08. The fourth-order valence-corrected chi connectivity index (χ4v) is 3.10. The van der Waals surface area contributed by atoms with Gasteiger partial charge in [-0.15, -0.1) is 0 Å². The van der Waals surface area contributed by atoms with E-state index in [-0.39, 0.29) is 17.2 Å². The van der Waals surface area contributed by atoms with Crippen LogP contribution < -0.4 is 4.90 Å². The fraction of sp³-hybridized carbons (Fsp3) is 0.318. The quantitative estimate of drug-likeness (QED) is 0.686. The Morgan fingerprint density at radius 2 is 1.66 bits per heavy atom. The van der Waals surface area contributed by atoms with Crippen molar-refractivity contribution >= 4 is 23.5 Å². The third-order valence-corrected chi connectivity index (χ3v) is 4.64. The minimum atomic E-state index is -0.677. The average molecular weight is 398 g/mol. The number of carbonyl (C=O) groups excluding carboxylic acids is 3. The molecule has 0 saturated heterocycles. The molecular weight excluding hydrogens is 372 g/mol. The predicted molar refractivity (Wildman–Crippen MR) is 110 cm³/mol. The summed E-state index contributed by atoms with van der Waals surface area (Å²) in [7, 11) is 2.50. The number of nitrogens with zero attached hydrogens (tertiary/aromatic N) is 2. The maximum atomic E-state index is 12.6. The van der Waals surface area contributed by atoms with Crippen LogP contribution in [0.5, 0.6) is 0 Å². The molecule has 1 aliphatic heterocycles. The molecule has 0 unspecified atom stereocenters. The summed E-state index contributed by atoms with van der Waals surface area (Å²) in [4.78, 5) is 40.7. The van der Waals surface area contributed by atoms with E-state index in [1.807, 2.05) is 20.8 Å². The molecule has 1 aromatic carbocycles. The zero-order valence-electron chi connectivity index (χ0n) is 17.4. The molecule has 0 bridgehead atoms. The Labute approximate surface area is 170 Å². The molecule has 7 heteroatoms. The van der Waals surface area contributed by atoms with Gasteiger partial charge in [0.15, 0.2) is 0 Å². The van der Waals surface area contributed by atoms with Crippen molar-refractivity contribution in [3.63, 3.8) is 0 Å². The third-order valence-electron chi connectivity index (χ3n) is 4.64. The minimum absolute atomic E-state index is 0.0373. The molecule has 0 saturated carbocycles. The van der Waals surface area contributed by atoms with Crippen LogP contribution in [0.3, 0.4) is 0 Å². The highest BCUT2D eigenvalue weighted by Crippen LogP contribution is 2.30. The maximum absolute atomic E-state index is 12.6. The Hall–Kier alpha value is -3.35. The first-order valence-electron chi connectivity index (χ1n) is 9.34. The molecule has 0 N–H and O–H groups in total. The van der Waals surface area contributed by atoms with Crippen molar-refractivity contribution < 1.29 is 23.9 Å². The molecule has 0 aliphatic carbocycles. The first kappa shape index (κ1) is 21.9. The van der Waals surface area contributed by atoms with Crippen LogP contribution in [0.25, 0.3) is 0 Å². The largest absolute Gasteiger partial charge is 0.465 e. The number of rotatable bonds is 6. The standard InChI is InChI=1S/C22H26N2O5/c1-6-23(7-2)20(25)16-11-12-18(15(3)14-16)24-13-9-8-10-17(21(26)28-4)19(24)22(27)29-5/h8-14H,6-7H2,1-5H3. The second kappa shape index (κ2) is 9.73. The Bertz CT molecular complexity index is 894. The van der Waals surface area contributed by atoms with Crippen LogP contribution in [0.1, 0.15) is 29.8 Å². The summed E-state index contributed by atoms with van der Waals surface area (Å²) in [6, 6.07) is 5.23. The SMILES string of the molecule is CCN(CC)C(=O)c1ccc(N2C=CC=CC(C(=O)OC)=C2C(=O)OC)c(C)c1. The van der Waals surface area contributed by atoms with Crippen molar-refractivity contribution in [3.05, 3.63) is 65.0 Å². The molecule has 1 amide bonds. The van der Waals surface area contributed by atoms with Crippen LogP contribution >= 0.6 is 0 Å². The van der Waals surface area contributed by atoms with E-state index in [0.29, 0.717) is 24.3 Å². The zero-order valence-corrected chi connectivity index (χ0v) is 17.4. The molecule has 1 aromatic rings. The van der Waals surface area contributed by atoms with Gasteiger partial charge in [0.25, 0.3) is 5.91 Å². The van der Waals surface area contributed by atoms with E-state index in [1.54, 1.807) is 46.4 Å². The number of aryl methyl sites for hydroxylation is 1. The Morgan fingerprint density at radius 1 is 1.00 bits per heavy atom. The van der Waals surface area contributed by atoms with Crippen LogP contribution in [0.4, 0.5) is 5.69 Å². The van der Waals surface area contributed by atoms with Gasteiger partial charge in [0.2, 0.25) is 0 Å². The van der Waals surface area contributed by atoms with Gasteiger partial charge in [-0.3, -0.25) is 4.79 Å². The molecule has 0 atom stereocenters. The van der Waals surface area contributed by atoms with Gasteiger partial charge in [-0.2, -0.15) is 0 Å². The van der Waals surface area contributed by atoms with Gasteiger partial charge in [-0.1, -0.05) is 6.08 Å². The lowest BCUT2D eigenvalue weighted by Crippen LogP contribution is -2.31. The molecule has 0 radical (unpaired) electrons. The van der Waals surface area contributed by atoms with Gasteiger partial charge in [-0.25, -0.2) is 9.59 Å². The summed E-state index contributed by atoms with van der Waals surface area (Å²) in [6.07, 6.45) is 6.51. The Kier molecular flexibility index (Phi) is 7.36. The molecule has 2 rings (SSSR count). The number of esters is 2. The first-order chi connectivity index (χ1) is 13.9. The molecule has 0 spiro atoms. The van der Waals surface area contributed by atoms with E-state index in [0.717, 1.165) is 5.56 Å². The number of anilines is 1. The first-order valence-corrected chi connectivity index (χ1v) is 9.34. The average Bonchev–Trinajstić information content (AvgIpc) is 2.96. The molecule has 0 aromatic heterocycles.